The van der Waals surface area contributed by atoms with Gasteiger partial charge in [0.2, 0.25) is 0 Å². The highest BCUT2D eigenvalue weighted by atomic mass is 19.1. The lowest BCUT2D eigenvalue weighted by atomic mass is 9.73. The Hall–Kier alpha value is -2.11. The highest BCUT2D eigenvalue weighted by Crippen LogP contribution is 2.44. The molecule has 1 atom stereocenters. The summed E-state index contributed by atoms with van der Waals surface area (Å²) in [5, 5.41) is 0. The van der Waals surface area contributed by atoms with Gasteiger partial charge < -0.3 is 14.4 Å². The van der Waals surface area contributed by atoms with Crippen molar-refractivity contribution in [1.82, 2.24) is 0 Å². The second-order valence-electron chi connectivity index (χ2n) is 7.49. The number of methoxy groups -OCH3 is 2. The molecule has 3 rings (SSSR count). The average molecular weight is 377 g/mol. The minimum atomic E-state index is -1.40. The Morgan fingerprint density at radius 3 is 2.44 bits per heavy atom. The van der Waals surface area contributed by atoms with Gasteiger partial charge in [-0.25, -0.2) is 4.39 Å². The molecule has 0 spiro atoms. The molecule has 1 aromatic carbocycles. The number of ether oxygens (including phenoxy) is 2. The van der Waals surface area contributed by atoms with Gasteiger partial charge in [0.15, 0.2) is 5.41 Å². The monoisotopic (exact) mass is 377 g/mol. The fourth-order valence-electron chi connectivity index (χ4n) is 4.72. The molecule has 27 heavy (non-hydrogen) atoms. The maximum Gasteiger partial charge on any atom is 0.325 e. The zero-order chi connectivity index (χ0) is 19.4. The van der Waals surface area contributed by atoms with Gasteiger partial charge in [-0.15, -0.1) is 0 Å². The van der Waals surface area contributed by atoms with Crippen molar-refractivity contribution in [3.63, 3.8) is 0 Å². The summed E-state index contributed by atoms with van der Waals surface area (Å²) in [5.74, 6) is -1.42. The van der Waals surface area contributed by atoms with Gasteiger partial charge in [0.25, 0.3) is 0 Å². The number of carbonyl (C=O) groups excluding carboxylic acids is 2. The Morgan fingerprint density at radius 2 is 1.74 bits per heavy atom. The molecule has 0 amide bonds. The Bertz CT molecular complexity index is 689. The highest BCUT2D eigenvalue weighted by molar-refractivity contribution is 6.01. The number of halogens is 1. The third kappa shape index (κ3) is 3.54. The number of hydrogen-bond acceptors (Lipinski definition) is 5. The number of rotatable bonds is 2. The van der Waals surface area contributed by atoms with Gasteiger partial charge in [-0.2, -0.15) is 0 Å². The van der Waals surface area contributed by atoms with Crippen LogP contribution in [0.1, 0.15) is 50.5 Å². The Balaban J connectivity index is 2.17. The molecule has 0 aromatic heterocycles. The molecular formula is C21H28FNO4. The molecule has 2 aliphatic rings. The van der Waals surface area contributed by atoms with E-state index in [1.165, 1.54) is 26.4 Å². The fraction of sp³-hybridized carbons (Fsp3) is 0.619. The summed E-state index contributed by atoms with van der Waals surface area (Å²) in [7, 11) is 2.62. The molecule has 0 bridgehead atoms. The Morgan fingerprint density at radius 1 is 1.07 bits per heavy atom. The SMILES string of the molecule is COC(=O)C1(C(=O)OC)CCc2cc(F)ccc2N2CCCCCCCC21. The van der Waals surface area contributed by atoms with E-state index in [0.717, 1.165) is 49.9 Å². The number of aryl methyl sites for hydroxylation is 1. The predicted octanol–water partition coefficient (Wildman–Crippen LogP) is 3.63. The normalized spacial score (nSPS) is 22.2. The van der Waals surface area contributed by atoms with Gasteiger partial charge in [-0.05, 0) is 49.4 Å². The summed E-state index contributed by atoms with van der Waals surface area (Å²) in [6.07, 6.45) is 6.57. The van der Waals surface area contributed by atoms with Crippen LogP contribution in [0.2, 0.25) is 0 Å². The van der Waals surface area contributed by atoms with Crippen molar-refractivity contribution in [2.24, 2.45) is 5.41 Å². The second-order valence-corrected chi connectivity index (χ2v) is 7.49. The van der Waals surface area contributed by atoms with E-state index in [1.54, 1.807) is 6.07 Å². The summed E-state index contributed by atoms with van der Waals surface area (Å²) in [4.78, 5) is 28.1. The van der Waals surface area contributed by atoms with E-state index in [-0.39, 0.29) is 18.3 Å². The third-order valence-corrected chi connectivity index (χ3v) is 6.06. The summed E-state index contributed by atoms with van der Waals surface area (Å²) in [5.41, 5.74) is 0.343. The molecule has 148 valence electrons. The largest absolute Gasteiger partial charge is 0.468 e. The lowest BCUT2D eigenvalue weighted by molar-refractivity contribution is -0.171. The van der Waals surface area contributed by atoms with E-state index in [4.69, 9.17) is 9.47 Å². The molecule has 6 heteroatoms. The molecule has 1 saturated heterocycles. The van der Waals surface area contributed by atoms with E-state index in [2.05, 4.69) is 4.90 Å². The van der Waals surface area contributed by atoms with Crippen LogP contribution < -0.4 is 4.90 Å². The molecule has 1 fully saturated rings. The van der Waals surface area contributed by atoms with E-state index < -0.39 is 17.4 Å². The van der Waals surface area contributed by atoms with Crippen molar-refractivity contribution >= 4 is 17.6 Å². The molecule has 1 aromatic rings. The number of esters is 2. The maximum absolute atomic E-state index is 13.9. The molecule has 2 aliphatic heterocycles. The van der Waals surface area contributed by atoms with Crippen LogP contribution in [0, 0.1) is 11.2 Å². The first-order valence-corrected chi connectivity index (χ1v) is 9.76. The lowest BCUT2D eigenvalue weighted by Crippen LogP contribution is -2.57. The summed E-state index contributed by atoms with van der Waals surface area (Å²) >= 11 is 0. The van der Waals surface area contributed by atoms with Crippen molar-refractivity contribution in [2.75, 3.05) is 25.7 Å². The van der Waals surface area contributed by atoms with Crippen molar-refractivity contribution < 1.29 is 23.5 Å². The van der Waals surface area contributed by atoms with Gasteiger partial charge in [-0.3, -0.25) is 9.59 Å². The Kier molecular flexibility index (Phi) is 6.02. The van der Waals surface area contributed by atoms with Crippen LogP contribution in [0.15, 0.2) is 18.2 Å². The predicted molar refractivity (Wildman–Crippen MR) is 100 cm³/mol. The van der Waals surface area contributed by atoms with Gasteiger partial charge >= 0.3 is 11.9 Å². The topological polar surface area (TPSA) is 55.8 Å². The van der Waals surface area contributed by atoms with Gasteiger partial charge in [-0.1, -0.05) is 25.7 Å². The molecule has 1 unspecified atom stereocenters. The fourth-order valence-corrected chi connectivity index (χ4v) is 4.72. The minimum absolute atomic E-state index is 0.254. The van der Waals surface area contributed by atoms with E-state index >= 15 is 0 Å². The van der Waals surface area contributed by atoms with Crippen molar-refractivity contribution in [3.8, 4) is 0 Å². The van der Waals surface area contributed by atoms with Gasteiger partial charge in [0.1, 0.15) is 5.82 Å². The Labute approximate surface area is 159 Å². The smallest absolute Gasteiger partial charge is 0.325 e. The van der Waals surface area contributed by atoms with E-state index in [9.17, 15) is 14.0 Å². The van der Waals surface area contributed by atoms with Gasteiger partial charge in [0, 0.05) is 12.2 Å². The quantitative estimate of drug-likeness (QED) is 0.582. The lowest BCUT2D eigenvalue weighted by Gasteiger charge is -2.42. The number of fused-ring (bicyclic) bond motifs is 3. The number of hydrogen-bond donors (Lipinski definition) is 0. The van der Waals surface area contributed by atoms with Crippen LogP contribution in [0.25, 0.3) is 0 Å². The number of carbonyl (C=O) groups is 2. The van der Waals surface area contributed by atoms with Crippen LogP contribution in [-0.2, 0) is 25.5 Å². The highest BCUT2D eigenvalue weighted by Gasteiger charge is 2.57. The van der Waals surface area contributed by atoms with Crippen LogP contribution in [-0.4, -0.2) is 38.7 Å². The minimum Gasteiger partial charge on any atom is -0.468 e. The molecule has 0 saturated carbocycles. The van der Waals surface area contributed by atoms with Gasteiger partial charge in [0.05, 0.1) is 20.3 Å². The van der Waals surface area contributed by atoms with Crippen molar-refractivity contribution in [2.45, 2.75) is 57.4 Å². The summed E-state index contributed by atoms with van der Waals surface area (Å²) in [6, 6.07) is 4.39. The third-order valence-electron chi connectivity index (χ3n) is 6.06. The van der Waals surface area contributed by atoms with E-state index in [1.807, 2.05) is 0 Å². The first-order valence-electron chi connectivity index (χ1n) is 9.76. The van der Waals surface area contributed by atoms with Crippen molar-refractivity contribution in [3.05, 3.63) is 29.6 Å². The molecular weight excluding hydrogens is 349 g/mol. The molecule has 2 heterocycles. The number of benzene rings is 1. The molecule has 0 aliphatic carbocycles. The molecule has 5 nitrogen and oxygen atoms in total. The number of anilines is 1. The molecule has 0 radical (unpaired) electrons. The second kappa shape index (κ2) is 8.28. The summed E-state index contributed by atoms with van der Waals surface area (Å²) in [6.45, 7) is 0.721. The maximum atomic E-state index is 13.9. The number of nitrogens with zero attached hydrogens (tertiary/aromatic N) is 1. The van der Waals surface area contributed by atoms with Crippen LogP contribution in [0.4, 0.5) is 10.1 Å². The van der Waals surface area contributed by atoms with Crippen molar-refractivity contribution in [1.29, 1.82) is 0 Å². The van der Waals surface area contributed by atoms with Crippen LogP contribution in [0.3, 0.4) is 0 Å². The standard InChI is InChI=1S/C21H28FNO4/c1-26-19(24)21(20(25)27-2)12-11-15-14-16(22)9-10-17(15)23-13-7-5-3-4-6-8-18(21)23/h9-10,14,18H,3-8,11-13H2,1-2H3. The van der Waals surface area contributed by atoms with E-state index in [0.29, 0.717) is 12.8 Å². The van der Waals surface area contributed by atoms with Crippen LogP contribution in [0.5, 0.6) is 0 Å². The average Bonchev–Trinajstić information content (AvgIpc) is 2.74. The summed E-state index contributed by atoms with van der Waals surface area (Å²) < 4.78 is 24.1. The van der Waals surface area contributed by atoms with Crippen LogP contribution >= 0.6 is 0 Å². The first-order chi connectivity index (χ1) is 13.0. The molecule has 0 N–H and O–H groups in total. The first kappa shape index (κ1) is 19.6. The zero-order valence-corrected chi connectivity index (χ0v) is 16.1. The zero-order valence-electron chi connectivity index (χ0n) is 16.1.